The predicted molar refractivity (Wildman–Crippen MR) is 60.1 cm³/mol. The Morgan fingerprint density at radius 3 is 2.33 bits per heavy atom. The molecule has 0 fully saturated rings. The van der Waals surface area contributed by atoms with Crippen LogP contribution in [0.25, 0.3) is 0 Å². The summed E-state index contributed by atoms with van der Waals surface area (Å²) in [5, 5.41) is 0. The summed E-state index contributed by atoms with van der Waals surface area (Å²) in [5.41, 5.74) is 1.72. The highest BCUT2D eigenvalue weighted by Gasteiger charge is 2.23. The third-order valence-electron chi connectivity index (χ3n) is 2.26. The number of methoxy groups -OCH3 is 1. The lowest BCUT2D eigenvalue weighted by molar-refractivity contribution is -0.785. The van der Waals surface area contributed by atoms with E-state index in [1.807, 2.05) is 40.2 Å². The van der Waals surface area contributed by atoms with Crippen LogP contribution in [0.4, 0.5) is 0 Å². The lowest BCUT2D eigenvalue weighted by Crippen LogP contribution is -2.41. The molecule has 0 aliphatic carbocycles. The molecule has 3 heteroatoms. The molecule has 15 heavy (non-hydrogen) atoms. The number of carbonyl (C=O) groups excluding carboxylic acids is 1. The Morgan fingerprint density at radius 2 is 1.87 bits per heavy atom. The van der Waals surface area contributed by atoms with E-state index in [4.69, 9.17) is 4.74 Å². The van der Waals surface area contributed by atoms with Crippen LogP contribution in [0.5, 0.6) is 5.75 Å². The van der Waals surface area contributed by atoms with E-state index < -0.39 is 0 Å². The van der Waals surface area contributed by atoms with Gasteiger partial charge in [-0.15, -0.1) is 0 Å². The van der Waals surface area contributed by atoms with E-state index in [1.54, 1.807) is 13.2 Å². The number of carbonyl (C=O) groups is 1. The van der Waals surface area contributed by atoms with Crippen molar-refractivity contribution in [2.45, 2.75) is 6.92 Å². The van der Waals surface area contributed by atoms with Crippen LogP contribution in [0.3, 0.4) is 0 Å². The summed E-state index contributed by atoms with van der Waals surface area (Å²) in [5.74, 6) is 0.836. The Balaban J connectivity index is 3.12. The Bertz CT molecular complexity index is 378. The first kappa shape index (κ1) is 11.7. The Morgan fingerprint density at radius 1 is 1.27 bits per heavy atom. The first-order valence-electron chi connectivity index (χ1n) is 4.87. The summed E-state index contributed by atoms with van der Waals surface area (Å²) in [7, 11) is 7.18. The van der Waals surface area contributed by atoms with Gasteiger partial charge in [-0.05, 0) is 24.6 Å². The molecule has 0 saturated carbocycles. The van der Waals surface area contributed by atoms with E-state index in [2.05, 4.69) is 0 Å². The molecule has 0 unspecified atom stereocenters. The fourth-order valence-electron chi connectivity index (χ4n) is 1.34. The largest absolute Gasteiger partial charge is 0.496 e. The van der Waals surface area contributed by atoms with Crippen molar-refractivity contribution in [3.05, 3.63) is 29.3 Å². The van der Waals surface area contributed by atoms with Gasteiger partial charge in [0.15, 0.2) is 0 Å². The quantitative estimate of drug-likeness (QED) is 0.693. The molecule has 0 N–H and O–H groups in total. The molecule has 0 spiro atoms. The second kappa shape index (κ2) is 4.03. The first-order valence-corrected chi connectivity index (χ1v) is 4.87. The number of benzene rings is 1. The normalized spacial score (nSPS) is 11.3. The van der Waals surface area contributed by atoms with Gasteiger partial charge in [-0.1, -0.05) is 6.07 Å². The fourth-order valence-corrected chi connectivity index (χ4v) is 1.34. The summed E-state index contributed by atoms with van der Waals surface area (Å²) in [6.07, 6.45) is 0. The average Bonchev–Trinajstić information content (AvgIpc) is 2.16. The van der Waals surface area contributed by atoms with Crippen molar-refractivity contribution >= 4 is 5.91 Å². The zero-order chi connectivity index (χ0) is 11.6. The van der Waals surface area contributed by atoms with Crippen LogP contribution in [0, 0.1) is 6.92 Å². The topological polar surface area (TPSA) is 26.3 Å². The predicted octanol–water partition coefficient (Wildman–Crippen LogP) is 1.85. The molecule has 0 radical (unpaired) electrons. The Kier molecular flexibility index (Phi) is 3.15. The van der Waals surface area contributed by atoms with Gasteiger partial charge in [-0.25, -0.2) is 4.79 Å². The number of rotatable bonds is 2. The van der Waals surface area contributed by atoms with Gasteiger partial charge in [-0.3, -0.25) is 4.48 Å². The maximum atomic E-state index is 12.0. The van der Waals surface area contributed by atoms with E-state index in [-0.39, 0.29) is 10.4 Å². The smallest absolute Gasteiger partial charge is 0.345 e. The van der Waals surface area contributed by atoms with Crippen LogP contribution in [-0.2, 0) is 0 Å². The Hall–Kier alpha value is -1.35. The summed E-state index contributed by atoms with van der Waals surface area (Å²) in [6.45, 7) is 1.96. The lowest BCUT2D eigenvalue weighted by Gasteiger charge is -2.20. The summed E-state index contributed by atoms with van der Waals surface area (Å²) < 4.78 is 5.47. The number of amides is 1. The van der Waals surface area contributed by atoms with Crippen molar-refractivity contribution in [2.75, 3.05) is 28.3 Å². The van der Waals surface area contributed by atoms with Crippen molar-refractivity contribution in [2.24, 2.45) is 0 Å². The number of nitrogens with zero attached hydrogens (tertiary/aromatic N) is 1. The second-order valence-corrected chi connectivity index (χ2v) is 4.50. The molecule has 1 rings (SSSR count). The van der Waals surface area contributed by atoms with Gasteiger partial charge >= 0.3 is 5.91 Å². The molecular weight excluding hydrogens is 190 g/mol. The van der Waals surface area contributed by atoms with Crippen LogP contribution in [0.15, 0.2) is 18.2 Å². The highest BCUT2D eigenvalue weighted by Crippen LogP contribution is 2.20. The molecule has 0 heterocycles. The molecule has 0 atom stereocenters. The molecule has 0 aliphatic rings. The van der Waals surface area contributed by atoms with E-state index in [9.17, 15) is 4.79 Å². The van der Waals surface area contributed by atoms with E-state index in [0.717, 1.165) is 11.3 Å². The number of hydrogen-bond donors (Lipinski definition) is 0. The van der Waals surface area contributed by atoms with Crippen molar-refractivity contribution in [1.82, 2.24) is 0 Å². The van der Waals surface area contributed by atoms with Crippen LogP contribution < -0.4 is 4.74 Å². The summed E-state index contributed by atoms with van der Waals surface area (Å²) >= 11 is 0. The number of hydrogen-bond acceptors (Lipinski definition) is 2. The molecule has 3 nitrogen and oxygen atoms in total. The fraction of sp³-hybridized carbons (Fsp3) is 0.417. The zero-order valence-corrected chi connectivity index (χ0v) is 10.00. The average molecular weight is 208 g/mol. The molecule has 1 aromatic rings. The third kappa shape index (κ3) is 2.57. The van der Waals surface area contributed by atoms with Crippen LogP contribution in [0.2, 0.25) is 0 Å². The van der Waals surface area contributed by atoms with Gasteiger partial charge < -0.3 is 4.74 Å². The lowest BCUT2D eigenvalue weighted by atomic mass is 10.1. The molecule has 0 saturated heterocycles. The third-order valence-corrected chi connectivity index (χ3v) is 2.26. The van der Waals surface area contributed by atoms with E-state index >= 15 is 0 Å². The van der Waals surface area contributed by atoms with E-state index in [0.29, 0.717) is 5.56 Å². The SMILES string of the molecule is COc1cc(C(=O)[N+](C)(C)C)ccc1C. The van der Waals surface area contributed by atoms with Crippen molar-refractivity contribution in [1.29, 1.82) is 0 Å². The number of aryl methyl sites for hydroxylation is 1. The number of quaternary nitrogens is 1. The minimum absolute atomic E-state index is 0.0771. The maximum Gasteiger partial charge on any atom is 0.345 e. The van der Waals surface area contributed by atoms with E-state index in [1.165, 1.54) is 0 Å². The molecule has 1 aromatic carbocycles. The highest BCUT2D eigenvalue weighted by molar-refractivity contribution is 5.89. The molecular formula is C12H18NO2+. The monoisotopic (exact) mass is 208 g/mol. The summed E-state index contributed by atoms with van der Waals surface area (Å²) in [4.78, 5) is 12.0. The molecule has 0 bridgehead atoms. The number of ether oxygens (including phenoxy) is 1. The van der Waals surface area contributed by atoms with Gasteiger partial charge in [-0.2, -0.15) is 0 Å². The van der Waals surface area contributed by atoms with Crippen molar-refractivity contribution in [3.63, 3.8) is 0 Å². The molecule has 82 valence electrons. The molecule has 0 aliphatic heterocycles. The zero-order valence-electron chi connectivity index (χ0n) is 10.00. The standard InChI is InChI=1S/C12H18NO2/c1-9-6-7-10(8-11(9)15-5)12(14)13(2,3)4/h6-8H,1-5H3/q+1. The van der Waals surface area contributed by atoms with Gasteiger partial charge in [0.25, 0.3) is 0 Å². The second-order valence-electron chi connectivity index (χ2n) is 4.50. The van der Waals surface area contributed by atoms with Gasteiger partial charge in [0.05, 0.1) is 33.8 Å². The maximum absolute atomic E-state index is 12.0. The first-order chi connectivity index (χ1) is 6.86. The van der Waals surface area contributed by atoms with Gasteiger partial charge in [0.1, 0.15) is 5.75 Å². The van der Waals surface area contributed by atoms with Gasteiger partial charge in [0.2, 0.25) is 0 Å². The summed E-state index contributed by atoms with van der Waals surface area (Å²) in [6, 6.07) is 5.53. The van der Waals surface area contributed by atoms with Crippen molar-refractivity contribution < 1.29 is 14.0 Å². The van der Waals surface area contributed by atoms with Crippen LogP contribution >= 0.6 is 0 Å². The minimum atomic E-state index is 0.0771. The van der Waals surface area contributed by atoms with Crippen LogP contribution in [-0.4, -0.2) is 38.6 Å². The van der Waals surface area contributed by atoms with Crippen molar-refractivity contribution in [3.8, 4) is 5.75 Å². The molecule has 1 amide bonds. The highest BCUT2D eigenvalue weighted by atomic mass is 16.5. The Labute approximate surface area is 90.9 Å². The minimum Gasteiger partial charge on any atom is -0.496 e. The van der Waals surface area contributed by atoms with Gasteiger partial charge in [0, 0.05) is 0 Å². The van der Waals surface area contributed by atoms with Crippen LogP contribution in [0.1, 0.15) is 15.9 Å². The molecule has 0 aromatic heterocycles.